The summed E-state index contributed by atoms with van der Waals surface area (Å²) in [7, 11) is 0. The zero-order chi connectivity index (χ0) is 33.9. The topological polar surface area (TPSA) is 56.7 Å². The number of aromatic nitrogens is 4. The molecule has 0 saturated carbocycles. The molecule has 3 aromatic heterocycles. The highest BCUT2D eigenvalue weighted by Gasteiger charge is 2.22. The fourth-order valence-electron chi connectivity index (χ4n) is 7.29. The summed E-state index contributed by atoms with van der Waals surface area (Å²) in [5.74, 6) is 1.83. The summed E-state index contributed by atoms with van der Waals surface area (Å²) in [6.45, 7) is 2.12. The lowest BCUT2D eigenvalue weighted by Gasteiger charge is -2.12. The first kappa shape index (κ1) is 29.1. The molecule has 0 amide bonds. The highest BCUT2D eigenvalue weighted by Crippen LogP contribution is 2.43. The Morgan fingerprint density at radius 2 is 1.02 bits per heavy atom. The normalized spacial score (nSPS) is 11.6. The third-order valence-corrected chi connectivity index (χ3v) is 9.72. The molecule has 0 N–H and O–H groups in total. The molecule has 240 valence electrons. The molecule has 5 nitrogen and oxygen atoms in total. The van der Waals surface area contributed by atoms with Gasteiger partial charge in [-0.25, -0.2) is 15.0 Å². The lowest BCUT2D eigenvalue weighted by molar-refractivity contribution is 0.666. The number of rotatable bonds is 5. The van der Waals surface area contributed by atoms with Crippen LogP contribution < -0.4 is 0 Å². The van der Waals surface area contributed by atoms with E-state index < -0.39 is 0 Å². The molecule has 0 bridgehead atoms. The van der Waals surface area contributed by atoms with Crippen molar-refractivity contribution in [1.29, 1.82) is 0 Å². The average Bonchev–Trinajstić information content (AvgIpc) is 3.74. The van der Waals surface area contributed by atoms with Crippen molar-refractivity contribution >= 4 is 43.7 Å². The van der Waals surface area contributed by atoms with Crippen LogP contribution in [-0.2, 0) is 0 Å². The number of furan rings is 1. The first-order valence-electron chi connectivity index (χ1n) is 17.1. The molecule has 7 aromatic carbocycles. The van der Waals surface area contributed by atoms with Crippen molar-refractivity contribution in [2.75, 3.05) is 0 Å². The molecular formula is C46H30N4O. The van der Waals surface area contributed by atoms with Crippen molar-refractivity contribution < 1.29 is 4.42 Å². The molecule has 5 heteroatoms. The summed E-state index contributed by atoms with van der Waals surface area (Å²) in [6.07, 6.45) is 0. The number of benzene rings is 7. The van der Waals surface area contributed by atoms with Gasteiger partial charge in [-0.3, -0.25) is 0 Å². The number of para-hydroxylation sites is 2. The van der Waals surface area contributed by atoms with Crippen LogP contribution in [0.1, 0.15) is 5.56 Å². The lowest BCUT2D eigenvalue weighted by atomic mass is 9.98. The van der Waals surface area contributed by atoms with Crippen molar-refractivity contribution in [1.82, 2.24) is 19.5 Å². The van der Waals surface area contributed by atoms with E-state index in [4.69, 9.17) is 19.4 Å². The summed E-state index contributed by atoms with van der Waals surface area (Å²) < 4.78 is 9.26. The standard InChI is InChI=1S/C46H30N4O/c1-29-23-25-30(26-24-29)33-27-37-42-36(46-48-44(31-13-4-2-5-14-31)47-45(49-46)32-15-6-3-7-16-32)19-12-22-41(42)51-43(37)40(28-33)50-38-20-10-8-17-34(38)35-18-9-11-21-39(35)50/h2-28H,1H3. The predicted octanol–water partition coefficient (Wildman–Crippen LogP) is 11.8. The predicted molar refractivity (Wildman–Crippen MR) is 208 cm³/mol. The summed E-state index contributed by atoms with van der Waals surface area (Å²) in [4.78, 5) is 15.2. The van der Waals surface area contributed by atoms with Gasteiger partial charge in [0.2, 0.25) is 0 Å². The molecule has 0 aliphatic carbocycles. The van der Waals surface area contributed by atoms with Gasteiger partial charge < -0.3 is 8.98 Å². The summed E-state index contributed by atoms with van der Waals surface area (Å²) in [5, 5.41) is 4.36. The van der Waals surface area contributed by atoms with Gasteiger partial charge in [-0.1, -0.05) is 139 Å². The van der Waals surface area contributed by atoms with Crippen molar-refractivity contribution in [2.24, 2.45) is 0 Å². The third kappa shape index (κ3) is 4.82. The van der Waals surface area contributed by atoms with Crippen LogP contribution in [0, 0.1) is 6.92 Å². The van der Waals surface area contributed by atoms with Gasteiger partial charge in [-0.2, -0.15) is 0 Å². The largest absolute Gasteiger partial charge is 0.454 e. The van der Waals surface area contributed by atoms with Gasteiger partial charge >= 0.3 is 0 Å². The minimum absolute atomic E-state index is 0.593. The first-order valence-corrected chi connectivity index (χ1v) is 17.1. The second kappa shape index (κ2) is 11.6. The van der Waals surface area contributed by atoms with E-state index in [-0.39, 0.29) is 0 Å². The minimum atomic E-state index is 0.593. The Morgan fingerprint density at radius 3 is 1.65 bits per heavy atom. The Kier molecular flexibility index (Phi) is 6.64. The van der Waals surface area contributed by atoms with Crippen LogP contribution in [0.2, 0.25) is 0 Å². The van der Waals surface area contributed by atoms with Gasteiger partial charge in [0, 0.05) is 38.2 Å². The molecule has 10 aromatic rings. The molecule has 0 fully saturated rings. The van der Waals surface area contributed by atoms with Crippen LogP contribution >= 0.6 is 0 Å². The number of nitrogens with zero attached hydrogens (tertiary/aromatic N) is 4. The monoisotopic (exact) mass is 654 g/mol. The Balaban J connectivity index is 1.31. The molecular weight excluding hydrogens is 625 g/mol. The molecule has 0 atom stereocenters. The maximum atomic E-state index is 6.92. The van der Waals surface area contributed by atoms with E-state index in [2.05, 4.69) is 102 Å². The van der Waals surface area contributed by atoms with E-state index in [0.29, 0.717) is 17.5 Å². The summed E-state index contributed by atoms with van der Waals surface area (Å²) >= 11 is 0. The number of hydrogen-bond donors (Lipinski definition) is 0. The van der Waals surface area contributed by atoms with Crippen LogP contribution in [0.25, 0.3) is 94.7 Å². The van der Waals surface area contributed by atoms with Gasteiger partial charge in [0.1, 0.15) is 5.58 Å². The quantitative estimate of drug-likeness (QED) is 0.185. The van der Waals surface area contributed by atoms with Crippen LogP contribution in [0.3, 0.4) is 0 Å². The number of aryl methyl sites for hydroxylation is 1. The fraction of sp³-hybridized carbons (Fsp3) is 0.0217. The SMILES string of the molecule is Cc1ccc(-c2cc(-n3c4ccccc4c4ccccc43)c3oc4cccc(-c5nc(-c6ccccc6)nc(-c6ccccc6)n5)c4c3c2)cc1. The Labute approximate surface area is 294 Å². The maximum absolute atomic E-state index is 6.92. The van der Waals surface area contributed by atoms with Crippen LogP contribution in [0.15, 0.2) is 168 Å². The molecule has 3 heterocycles. The first-order chi connectivity index (χ1) is 25.2. The third-order valence-electron chi connectivity index (χ3n) is 9.72. The number of fused-ring (bicyclic) bond motifs is 6. The van der Waals surface area contributed by atoms with Crippen molar-refractivity contribution in [3.05, 3.63) is 169 Å². The van der Waals surface area contributed by atoms with Crippen molar-refractivity contribution in [2.45, 2.75) is 6.92 Å². The van der Waals surface area contributed by atoms with E-state index >= 15 is 0 Å². The molecule has 0 unspecified atom stereocenters. The Hall–Kier alpha value is -6.85. The molecule has 51 heavy (non-hydrogen) atoms. The van der Waals surface area contributed by atoms with Crippen molar-refractivity contribution in [3.8, 4) is 51.0 Å². The van der Waals surface area contributed by atoms with Crippen LogP contribution in [0.5, 0.6) is 0 Å². The molecule has 10 rings (SSSR count). The summed E-state index contributed by atoms with van der Waals surface area (Å²) in [6, 6.07) is 56.8. The molecule has 0 saturated heterocycles. The maximum Gasteiger partial charge on any atom is 0.164 e. The van der Waals surface area contributed by atoms with Crippen LogP contribution in [0.4, 0.5) is 0 Å². The van der Waals surface area contributed by atoms with E-state index in [1.54, 1.807) is 0 Å². The van der Waals surface area contributed by atoms with Crippen molar-refractivity contribution in [3.63, 3.8) is 0 Å². The highest BCUT2D eigenvalue weighted by molar-refractivity contribution is 6.16. The Bertz CT molecular complexity index is 2800. The van der Waals surface area contributed by atoms with Gasteiger partial charge in [0.05, 0.1) is 16.7 Å². The lowest BCUT2D eigenvalue weighted by Crippen LogP contribution is -2.00. The zero-order valence-electron chi connectivity index (χ0n) is 27.8. The Morgan fingerprint density at radius 1 is 0.451 bits per heavy atom. The number of hydrogen-bond acceptors (Lipinski definition) is 4. The zero-order valence-corrected chi connectivity index (χ0v) is 27.8. The second-order valence-corrected chi connectivity index (χ2v) is 12.9. The molecule has 0 aliphatic rings. The van der Waals surface area contributed by atoms with Gasteiger partial charge in [-0.05, 0) is 48.4 Å². The highest BCUT2D eigenvalue weighted by atomic mass is 16.3. The van der Waals surface area contributed by atoms with Gasteiger partial charge in [-0.15, -0.1) is 0 Å². The van der Waals surface area contributed by atoms with Crippen LogP contribution in [-0.4, -0.2) is 19.5 Å². The molecule has 0 aliphatic heterocycles. The van der Waals surface area contributed by atoms with E-state index in [1.165, 1.54) is 16.3 Å². The smallest absolute Gasteiger partial charge is 0.164 e. The molecule has 0 spiro atoms. The van der Waals surface area contributed by atoms with Gasteiger partial charge in [0.25, 0.3) is 0 Å². The second-order valence-electron chi connectivity index (χ2n) is 12.9. The van der Waals surface area contributed by atoms with E-state index in [1.807, 2.05) is 72.8 Å². The van der Waals surface area contributed by atoms with Gasteiger partial charge in [0.15, 0.2) is 23.1 Å². The minimum Gasteiger partial charge on any atom is -0.454 e. The molecule has 0 radical (unpaired) electrons. The van der Waals surface area contributed by atoms with E-state index in [9.17, 15) is 0 Å². The van der Waals surface area contributed by atoms with E-state index in [0.717, 1.165) is 66.5 Å². The fourth-order valence-corrected chi connectivity index (χ4v) is 7.29. The average molecular weight is 655 g/mol. The summed E-state index contributed by atoms with van der Waals surface area (Å²) in [5.41, 5.74) is 11.0.